The standard InChI is InChI=1S/C29H40N6O/c1-24(21-26-7-5-4-6-8-26)22-33-17-13-25(14-18-33)15-19-35-29(36)34(23-31-35)28-11-9-27(10-12-28)30-16-20-32(2)3/h4-12,21,23,25,30H,13-20,22H2,1-3H3/b24-21+. The van der Waals surface area contributed by atoms with Crippen molar-refractivity contribution in [2.45, 2.75) is 32.7 Å². The third kappa shape index (κ3) is 7.42. The molecule has 1 aliphatic heterocycles. The smallest absolute Gasteiger partial charge is 0.350 e. The first-order chi connectivity index (χ1) is 17.5. The Labute approximate surface area is 215 Å². The molecule has 0 amide bonds. The molecule has 1 saturated heterocycles. The van der Waals surface area contributed by atoms with Crippen molar-refractivity contribution in [1.82, 2.24) is 24.1 Å². The van der Waals surface area contributed by atoms with Gasteiger partial charge in [-0.1, -0.05) is 42.0 Å². The first-order valence-electron chi connectivity index (χ1n) is 13.1. The van der Waals surface area contributed by atoms with Crippen molar-refractivity contribution in [3.63, 3.8) is 0 Å². The second-order valence-corrected chi connectivity index (χ2v) is 10.2. The number of aromatic nitrogens is 3. The number of likely N-dealkylation sites (tertiary alicyclic amines) is 1. The molecule has 4 rings (SSSR count). The molecular weight excluding hydrogens is 448 g/mol. The number of nitrogens with zero attached hydrogens (tertiary/aromatic N) is 5. The van der Waals surface area contributed by atoms with Gasteiger partial charge in [0, 0.05) is 31.9 Å². The fourth-order valence-electron chi connectivity index (χ4n) is 4.80. The largest absolute Gasteiger partial charge is 0.384 e. The average molecular weight is 489 g/mol. The number of nitrogens with one attached hydrogen (secondary N) is 1. The molecule has 1 N–H and O–H groups in total. The Balaban J connectivity index is 1.23. The zero-order chi connectivity index (χ0) is 25.3. The number of likely N-dealkylation sites (N-methyl/N-ethyl adjacent to an activating group) is 1. The van der Waals surface area contributed by atoms with Crippen LogP contribution in [0.2, 0.25) is 0 Å². The highest BCUT2D eigenvalue weighted by Gasteiger charge is 2.20. The van der Waals surface area contributed by atoms with Crippen LogP contribution in [0, 0.1) is 5.92 Å². The van der Waals surface area contributed by atoms with Crippen LogP contribution in [-0.2, 0) is 6.54 Å². The molecule has 3 aromatic rings. The summed E-state index contributed by atoms with van der Waals surface area (Å²) in [6.45, 7) is 8.00. The molecule has 0 bridgehead atoms. The Morgan fingerprint density at radius 2 is 1.81 bits per heavy atom. The minimum Gasteiger partial charge on any atom is -0.384 e. The van der Waals surface area contributed by atoms with E-state index < -0.39 is 0 Å². The van der Waals surface area contributed by atoms with Crippen LogP contribution in [0.3, 0.4) is 0 Å². The van der Waals surface area contributed by atoms with Gasteiger partial charge in [0.2, 0.25) is 0 Å². The molecule has 0 atom stereocenters. The summed E-state index contributed by atoms with van der Waals surface area (Å²) in [5, 5.41) is 7.79. The molecule has 1 fully saturated rings. The Morgan fingerprint density at radius 1 is 1.08 bits per heavy atom. The molecule has 0 aliphatic carbocycles. The van der Waals surface area contributed by atoms with E-state index in [0.717, 1.165) is 50.5 Å². The minimum atomic E-state index is -0.0672. The third-order valence-electron chi connectivity index (χ3n) is 6.91. The molecule has 0 unspecified atom stereocenters. The van der Waals surface area contributed by atoms with Gasteiger partial charge in [0.15, 0.2) is 0 Å². The third-order valence-corrected chi connectivity index (χ3v) is 6.91. The van der Waals surface area contributed by atoms with Crippen LogP contribution in [0.15, 0.2) is 71.3 Å². The topological polar surface area (TPSA) is 58.3 Å². The highest BCUT2D eigenvalue weighted by molar-refractivity contribution is 5.52. The van der Waals surface area contributed by atoms with Crippen molar-refractivity contribution < 1.29 is 0 Å². The Hall–Kier alpha value is -3.16. The second-order valence-electron chi connectivity index (χ2n) is 10.2. The fraction of sp³-hybridized carbons (Fsp3) is 0.448. The molecule has 2 heterocycles. The van der Waals surface area contributed by atoms with Crippen molar-refractivity contribution in [3.8, 4) is 5.69 Å². The van der Waals surface area contributed by atoms with E-state index in [1.54, 1.807) is 15.6 Å². The van der Waals surface area contributed by atoms with Crippen molar-refractivity contribution in [2.75, 3.05) is 52.1 Å². The highest BCUT2D eigenvalue weighted by Crippen LogP contribution is 2.22. The minimum absolute atomic E-state index is 0.0672. The van der Waals surface area contributed by atoms with Crippen molar-refractivity contribution in [2.24, 2.45) is 5.92 Å². The van der Waals surface area contributed by atoms with E-state index in [0.29, 0.717) is 12.5 Å². The normalized spacial score (nSPS) is 15.5. The monoisotopic (exact) mass is 488 g/mol. The highest BCUT2D eigenvalue weighted by atomic mass is 16.2. The summed E-state index contributed by atoms with van der Waals surface area (Å²) in [5.74, 6) is 0.643. The van der Waals surface area contributed by atoms with Gasteiger partial charge in [-0.15, -0.1) is 0 Å². The van der Waals surface area contributed by atoms with E-state index in [1.807, 2.05) is 24.3 Å². The molecular formula is C29H40N6O. The average Bonchev–Trinajstić information content (AvgIpc) is 3.24. The predicted molar refractivity (Wildman–Crippen MR) is 149 cm³/mol. The van der Waals surface area contributed by atoms with Crippen LogP contribution in [0.1, 0.15) is 31.7 Å². The summed E-state index contributed by atoms with van der Waals surface area (Å²) in [6.07, 6.45) is 7.27. The quantitative estimate of drug-likeness (QED) is 0.438. The lowest BCUT2D eigenvalue weighted by atomic mass is 9.93. The summed E-state index contributed by atoms with van der Waals surface area (Å²) >= 11 is 0. The van der Waals surface area contributed by atoms with Gasteiger partial charge in [-0.25, -0.2) is 14.0 Å². The van der Waals surface area contributed by atoms with E-state index in [1.165, 1.54) is 24.0 Å². The van der Waals surface area contributed by atoms with E-state index in [9.17, 15) is 4.79 Å². The molecule has 0 radical (unpaired) electrons. The van der Waals surface area contributed by atoms with Crippen LogP contribution in [0.4, 0.5) is 5.69 Å². The summed E-state index contributed by atoms with van der Waals surface area (Å²) in [5.41, 5.74) is 4.49. The number of hydrogen-bond acceptors (Lipinski definition) is 5. The first kappa shape index (κ1) is 25.9. The summed E-state index contributed by atoms with van der Waals surface area (Å²) < 4.78 is 3.25. The van der Waals surface area contributed by atoms with E-state index in [2.05, 4.69) is 77.6 Å². The molecule has 2 aromatic carbocycles. The maximum absolute atomic E-state index is 12.9. The van der Waals surface area contributed by atoms with Crippen molar-refractivity contribution in [1.29, 1.82) is 0 Å². The zero-order valence-corrected chi connectivity index (χ0v) is 21.9. The van der Waals surface area contributed by atoms with E-state index >= 15 is 0 Å². The lowest BCUT2D eigenvalue weighted by Crippen LogP contribution is -2.35. The zero-order valence-electron chi connectivity index (χ0n) is 21.9. The van der Waals surface area contributed by atoms with Crippen LogP contribution in [0.25, 0.3) is 11.8 Å². The summed E-state index contributed by atoms with van der Waals surface area (Å²) in [7, 11) is 4.12. The van der Waals surface area contributed by atoms with Crippen molar-refractivity contribution >= 4 is 11.8 Å². The molecule has 7 nitrogen and oxygen atoms in total. The second kappa shape index (κ2) is 12.7. The van der Waals surface area contributed by atoms with Gasteiger partial charge in [0.1, 0.15) is 6.33 Å². The Kier molecular flexibility index (Phi) is 9.14. The maximum atomic E-state index is 12.9. The molecule has 0 saturated carbocycles. The van der Waals surface area contributed by atoms with Gasteiger partial charge in [-0.3, -0.25) is 4.90 Å². The van der Waals surface area contributed by atoms with Gasteiger partial charge < -0.3 is 10.2 Å². The lowest BCUT2D eigenvalue weighted by molar-refractivity contribution is 0.186. The van der Waals surface area contributed by atoms with Crippen molar-refractivity contribution in [3.05, 3.63) is 82.5 Å². The molecule has 1 aromatic heterocycles. The fourth-order valence-corrected chi connectivity index (χ4v) is 4.80. The lowest BCUT2D eigenvalue weighted by Gasteiger charge is -2.32. The number of hydrogen-bond donors (Lipinski definition) is 1. The van der Waals surface area contributed by atoms with Crippen LogP contribution in [0.5, 0.6) is 0 Å². The number of benzene rings is 2. The molecule has 1 aliphatic rings. The molecule has 0 spiro atoms. The van der Waals surface area contributed by atoms with Gasteiger partial charge in [0.25, 0.3) is 0 Å². The molecule has 36 heavy (non-hydrogen) atoms. The van der Waals surface area contributed by atoms with E-state index in [-0.39, 0.29) is 5.69 Å². The summed E-state index contributed by atoms with van der Waals surface area (Å²) in [4.78, 5) is 17.6. The van der Waals surface area contributed by atoms with E-state index in [4.69, 9.17) is 0 Å². The van der Waals surface area contributed by atoms with Gasteiger partial charge in [-0.05, 0) is 89.1 Å². The van der Waals surface area contributed by atoms with Crippen LogP contribution < -0.4 is 11.0 Å². The van der Waals surface area contributed by atoms with Crippen LogP contribution in [-0.4, -0.2) is 71.0 Å². The Bertz CT molecular complexity index is 1150. The SMILES string of the molecule is C/C(=C\c1ccccc1)CN1CCC(CCn2ncn(-c3ccc(NCCN(C)C)cc3)c2=O)CC1. The number of piperidine rings is 1. The predicted octanol–water partition coefficient (Wildman–Crippen LogP) is 4.21. The number of rotatable bonds is 11. The first-order valence-corrected chi connectivity index (χ1v) is 13.1. The summed E-state index contributed by atoms with van der Waals surface area (Å²) in [6, 6.07) is 18.5. The van der Waals surface area contributed by atoms with Crippen LogP contribution >= 0.6 is 0 Å². The van der Waals surface area contributed by atoms with Gasteiger partial charge in [0.05, 0.1) is 5.69 Å². The molecule has 7 heteroatoms. The molecule has 192 valence electrons. The number of anilines is 1. The van der Waals surface area contributed by atoms with Gasteiger partial charge >= 0.3 is 5.69 Å². The maximum Gasteiger partial charge on any atom is 0.350 e. The number of aryl methyl sites for hydroxylation is 1. The Morgan fingerprint density at radius 3 is 2.50 bits per heavy atom. The van der Waals surface area contributed by atoms with Gasteiger partial charge in [-0.2, -0.15) is 5.10 Å².